The number of rotatable bonds is 4. The molecule has 2 nitrogen and oxygen atoms in total. The average Bonchev–Trinajstić information content (AvgIpc) is 3.08. The third-order valence-electron chi connectivity index (χ3n) is 2.85. The van der Waals surface area contributed by atoms with E-state index in [0.717, 1.165) is 32.7 Å². The summed E-state index contributed by atoms with van der Waals surface area (Å²) in [5.41, 5.74) is 2.81. The van der Waals surface area contributed by atoms with Gasteiger partial charge in [0.1, 0.15) is 5.82 Å². The van der Waals surface area contributed by atoms with Crippen LogP contribution in [-0.2, 0) is 0 Å². The van der Waals surface area contributed by atoms with Crippen molar-refractivity contribution in [2.45, 2.75) is 12.1 Å². The fourth-order valence-corrected chi connectivity index (χ4v) is 3.30. The second kappa shape index (κ2) is 5.81. The summed E-state index contributed by atoms with van der Waals surface area (Å²) in [6.45, 7) is 2.09. The van der Waals surface area contributed by atoms with Crippen molar-refractivity contribution in [1.29, 1.82) is 0 Å². The zero-order valence-corrected chi connectivity index (χ0v) is 12.5. The molecule has 0 bridgehead atoms. The molecule has 1 aromatic carbocycles. The summed E-state index contributed by atoms with van der Waals surface area (Å²) in [7, 11) is 0. The van der Waals surface area contributed by atoms with Gasteiger partial charge in [0.05, 0.1) is 16.3 Å². The molecule has 0 unspecified atom stereocenters. The van der Waals surface area contributed by atoms with E-state index in [2.05, 4.69) is 23.0 Å². The second-order valence-corrected chi connectivity index (χ2v) is 6.38. The summed E-state index contributed by atoms with van der Waals surface area (Å²) in [5.74, 6) is 0.727. The highest BCUT2D eigenvalue weighted by Crippen LogP contribution is 2.34. The van der Waals surface area contributed by atoms with Gasteiger partial charge in [0.2, 0.25) is 0 Å². The number of halogens is 1. The van der Waals surface area contributed by atoms with E-state index in [1.807, 2.05) is 11.4 Å². The van der Waals surface area contributed by atoms with Crippen molar-refractivity contribution in [2.75, 3.05) is 5.75 Å². The number of nitrogens with zero attached hydrogens (tertiary/aromatic N) is 1. The van der Waals surface area contributed by atoms with Crippen molar-refractivity contribution in [3.8, 4) is 21.8 Å². The van der Waals surface area contributed by atoms with Crippen molar-refractivity contribution in [3.05, 3.63) is 47.6 Å². The molecule has 3 aromatic rings. The number of aromatic amines is 1. The molecule has 2 aromatic heterocycles. The minimum Gasteiger partial charge on any atom is -0.332 e. The number of thiophene rings is 1. The quantitative estimate of drug-likeness (QED) is 0.683. The molecule has 0 spiro atoms. The number of nitrogens with one attached hydrogen (secondary N) is 1. The van der Waals surface area contributed by atoms with Gasteiger partial charge in [-0.05, 0) is 41.5 Å². The van der Waals surface area contributed by atoms with E-state index >= 15 is 0 Å². The van der Waals surface area contributed by atoms with Crippen LogP contribution in [0.15, 0.2) is 46.9 Å². The van der Waals surface area contributed by atoms with Crippen molar-refractivity contribution in [2.24, 2.45) is 0 Å². The van der Waals surface area contributed by atoms with Crippen molar-refractivity contribution >= 4 is 23.1 Å². The first kappa shape index (κ1) is 13.4. The minimum atomic E-state index is -0.231. The molecule has 0 amide bonds. The summed E-state index contributed by atoms with van der Waals surface area (Å²) in [4.78, 5) is 9.15. The van der Waals surface area contributed by atoms with Crippen LogP contribution in [0.5, 0.6) is 0 Å². The topological polar surface area (TPSA) is 28.7 Å². The van der Waals surface area contributed by atoms with Crippen molar-refractivity contribution in [1.82, 2.24) is 9.97 Å². The van der Waals surface area contributed by atoms with E-state index in [4.69, 9.17) is 0 Å². The summed E-state index contributed by atoms with van der Waals surface area (Å²) < 4.78 is 13.1. The van der Waals surface area contributed by atoms with Crippen LogP contribution in [0.4, 0.5) is 4.39 Å². The standard InChI is InChI=1S/C15H13FN2S2/c1-2-19-15-17-13(10-5-7-11(16)8-6-10)14(18-15)12-4-3-9-20-12/h3-9H,2H2,1H3,(H,17,18). The smallest absolute Gasteiger partial charge is 0.166 e. The molecule has 0 fully saturated rings. The van der Waals surface area contributed by atoms with Gasteiger partial charge in [-0.25, -0.2) is 9.37 Å². The Morgan fingerprint density at radius 2 is 2.05 bits per heavy atom. The average molecular weight is 304 g/mol. The number of hydrogen-bond acceptors (Lipinski definition) is 3. The Hall–Kier alpha value is -1.59. The fourth-order valence-electron chi connectivity index (χ4n) is 1.97. The number of imidazole rings is 1. The number of H-pyrrole nitrogens is 1. The maximum Gasteiger partial charge on any atom is 0.166 e. The maximum absolute atomic E-state index is 13.1. The Morgan fingerprint density at radius 1 is 1.25 bits per heavy atom. The van der Waals surface area contributed by atoms with E-state index < -0.39 is 0 Å². The minimum absolute atomic E-state index is 0.231. The van der Waals surface area contributed by atoms with Gasteiger partial charge in [0.15, 0.2) is 5.16 Å². The SMILES string of the molecule is CCSc1nc(-c2ccc(F)cc2)c(-c2cccs2)[nH]1. The second-order valence-electron chi connectivity index (χ2n) is 4.18. The normalized spacial score (nSPS) is 10.9. The summed E-state index contributed by atoms with van der Waals surface area (Å²) in [6, 6.07) is 10.5. The Labute approximate surface area is 125 Å². The molecule has 0 atom stereocenters. The number of hydrogen-bond donors (Lipinski definition) is 1. The Bertz CT molecular complexity index is 687. The first-order valence-electron chi connectivity index (χ1n) is 6.30. The molecule has 20 heavy (non-hydrogen) atoms. The largest absolute Gasteiger partial charge is 0.332 e. The van der Waals surface area contributed by atoms with Crippen molar-refractivity contribution in [3.63, 3.8) is 0 Å². The molecule has 102 valence electrons. The van der Waals surface area contributed by atoms with E-state index in [9.17, 15) is 4.39 Å². The first-order chi connectivity index (χ1) is 9.78. The van der Waals surface area contributed by atoms with Gasteiger partial charge in [-0.2, -0.15) is 0 Å². The highest BCUT2D eigenvalue weighted by Gasteiger charge is 2.14. The first-order valence-corrected chi connectivity index (χ1v) is 8.17. The molecular formula is C15H13FN2S2. The predicted octanol–water partition coefficient (Wildman–Crippen LogP) is 5.06. The lowest BCUT2D eigenvalue weighted by atomic mass is 10.1. The van der Waals surface area contributed by atoms with E-state index in [1.165, 1.54) is 12.1 Å². The monoisotopic (exact) mass is 304 g/mol. The molecule has 0 saturated heterocycles. The van der Waals surface area contributed by atoms with Gasteiger partial charge in [-0.3, -0.25) is 0 Å². The third-order valence-corrected chi connectivity index (χ3v) is 4.49. The molecule has 3 rings (SSSR count). The van der Waals surface area contributed by atoms with Crippen LogP contribution in [0.2, 0.25) is 0 Å². The van der Waals surface area contributed by atoms with Gasteiger partial charge in [-0.1, -0.05) is 24.8 Å². The van der Waals surface area contributed by atoms with Crippen molar-refractivity contribution < 1.29 is 4.39 Å². The fraction of sp³-hybridized carbons (Fsp3) is 0.133. The third kappa shape index (κ3) is 2.64. The van der Waals surface area contributed by atoms with Crippen LogP contribution in [0, 0.1) is 5.82 Å². The summed E-state index contributed by atoms with van der Waals surface area (Å²) in [6.07, 6.45) is 0. The molecular weight excluding hydrogens is 291 g/mol. The Kier molecular flexibility index (Phi) is 3.89. The van der Waals surface area contributed by atoms with E-state index in [0.29, 0.717) is 0 Å². The molecule has 0 saturated carbocycles. The predicted molar refractivity (Wildman–Crippen MR) is 83.7 cm³/mol. The molecule has 0 aliphatic carbocycles. The van der Waals surface area contributed by atoms with Gasteiger partial charge < -0.3 is 4.98 Å². The molecule has 0 aliphatic rings. The zero-order valence-electron chi connectivity index (χ0n) is 10.9. The van der Waals surface area contributed by atoms with E-state index in [1.54, 1.807) is 35.2 Å². The van der Waals surface area contributed by atoms with Crippen LogP contribution >= 0.6 is 23.1 Å². The van der Waals surface area contributed by atoms with E-state index in [-0.39, 0.29) is 5.82 Å². The molecule has 5 heteroatoms. The summed E-state index contributed by atoms with van der Waals surface area (Å²) >= 11 is 3.33. The highest BCUT2D eigenvalue weighted by molar-refractivity contribution is 7.99. The van der Waals surface area contributed by atoms with Gasteiger partial charge in [-0.15, -0.1) is 11.3 Å². The Balaban J connectivity index is 2.10. The van der Waals surface area contributed by atoms with Gasteiger partial charge in [0.25, 0.3) is 0 Å². The zero-order chi connectivity index (χ0) is 13.9. The van der Waals surface area contributed by atoms with Crippen LogP contribution in [0.3, 0.4) is 0 Å². The Morgan fingerprint density at radius 3 is 2.70 bits per heavy atom. The molecule has 0 radical (unpaired) electrons. The van der Waals surface area contributed by atoms with Crippen LogP contribution < -0.4 is 0 Å². The molecule has 0 aliphatic heterocycles. The van der Waals surface area contributed by atoms with Crippen LogP contribution in [0.25, 0.3) is 21.8 Å². The molecule has 2 heterocycles. The molecule has 1 N–H and O–H groups in total. The highest BCUT2D eigenvalue weighted by atomic mass is 32.2. The number of thioether (sulfide) groups is 1. The summed E-state index contributed by atoms with van der Waals surface area (Å²) in [5, 5.41) is 2.94. The number of aromatic nitrogens is 2. The van der Waals surface area contributed by atoms with Crippen LogP contribution in [-0.4, -0.2) is 15.7 Å². The lowest BCUT2D eigenvalue weighted by Crippen LogP contribution is -1.82. The lowest BCUT2D eigenvalue weighted by molar-refractivity contribution is 0.628. The number of benzene rings is 1. The van der Waals surface area contributed by atoms with Crippen LogP contribution in [0.1, 0.15) is 6.92 Å². The van der Waals surface area contributed by atoms with Gasteiger partial charge in [0, 0.05) is 5.56 Å². The maximum atomic E-state index is 13.1. The van der Waals surface area contributed by atoms with Gasteiger partial charge >= 0.3 is 0 Å². The lowest BCUT2D eigenvalue weighted by Gasteiger charge is -2.00.